The molecule has 0 aliphatic heterocycles. The second-order valence-corrected chi connectivity index (χ2v) is 9.44. The Hall–Kier alpha value is -4.47. The maximum Gasteiger partial charge on any atom is 0.341 e. The molecule has 5 heterocycles. The number of hydrogen-bond acceptors (Lipinski definition) is 6. The molecule has 1 aliphatic rings. The number of imidazole rings is 2. The third-order valence-electron chi connectivity index (χ3n) is 6.58. The second-order valence-electron chi connectivity index (χ2n) is 9.44. The van der Waals surface area contributed by atoms with Gasteiger partial charge in [-0.1, -0.05) is 0 Å². The lowest BCUT2D eigenvalue weighted by Gasteiger charge is -2.06. The lowest BCUT2D eigenvalue weighted by Crippen LogP contribution is -2.22. The van der Waals surface area contributed by atoms with Gasteiger partial charge in [0.25, 0.3) is 5.91 Å². The summed E-state index contributed by atoms with van der Waals surface area (Å²) in [5.41, 5.74) is 6.24. The van der Waals surface area contributed by atoms with E-state index >= 15 is 0 Å². The number of nitrogens with zero attached hydrogens (tertiary/aromatic N) is 6. The maximum atomic E-state index is 12.8. The zero-order valence-electron chi connectivity index (χ0n) is 20.7. The summed E-state index contributed by atoms with van der Waals surface area (Å²) in [4.78, 5) is 34.5. The van der Waals surface area contributed by atoms with E-state index in [0.717, 1.165) is 40.9 Å². The number of esters is 1. The molecule has 188 valence electrons. The van der Waals surface area contributed by atoms with Crippen LogP contribution in [0.25, 0.3) is 11.2 Å². The highest BCUT2D eigenvalue weighted by Gasteiger charge is 2.27. The molecule has 0 spiro atoms. The van der Waals surface area contributed by atoms with Crippen LogP contribution in [0.4, 0.5) is 0 Å². The SMILES string of the molecule is CCOC(=O)c1cc(C2CC2)cn2cc(Cn3cc(C(=O)NCc4ncn5ccc(C)cc45)cn3)nc12. The van der Waals surface area contributed by atoms with Gasteiger partial charge in [0.15, 0.2) is 5.65 Å². The summed E-state index contributed by atoms with van der Waals surface area (Å²) in [6, 6.07) is 5.96. The minimum absolute atomic E-state index is 0.228. The zero-order chi connectivity index (χ0) is 25.5. The van der Waals surface area contributed by atoms with Crippen molar-refractivity contribution in [3.05, 3.63) is 89.2 Å². The largest absolute Gasteiger partial charge is 0.462 e. The van der Waals surface area contributed by atoms with Gasteiger partial charge in [-0.2, -0.15) is 5.10 Å². The van der Waals surface area contributed by atoms with Crippen molar-refractivity contribution < 1.29 is 14.3 Å². The molecule has 37 heavy (non-hydrogen) atoms. The molecular formula is C27H27N7O3. The molecule has 10 nitrogen and oxygen atoms in total. The molecule has 1 aliphatic carbocycles. The van der Waals surface area contributed by atoms with E-state index in [9.17, 15) is 9.59 Å². The molecule has 1 fully saturated rings. The standard InChI is InChI=1S/C27H27N7O3/c1-3-37-27(36)22-9-19(18-4-5-18)12-33-14-21(31-25(22)33)15-34-13-20(10-30-34)26(35)28-11-23-24-8-17(2)6-7-32(24)16-29-23/h6-10,12-14,16,18H,3-5,11,15H2,1-2H3,(H,28,35). The average Bonchev–Trinajstić information content (AvgIpc) is 3.30. The molecule has 0 bridgehead atoms. The number of carbonyl (C=O) groups is 2. The molecule has 5 aromatic rings. The molecular weight excluding hydrogens is 470 g/mol. The summed E-state index contributed by atoms with van der Waals surface area (Å²) < 4.78 is 10.8. The number of carbonyl (C=O) groups excluding carboxylic acids is 2. The lowest BCUT2D eigenvalue weighted by atomic mass is 10.1. The van der Waals surface area contributed by atoms with Gasteiger partial charge in [0, 0.05) is 24.8 Å². The molecule has 1 N–H and O–H groups in total. The molecule has 0 saturated heterocycles. The van der Waals surface area contributed by atoms with Crippen molar-refractivity contribution in [3.8, 4) is 0 Å². The van der Waals surface area contributed by atoms with E-state index in [1.165, 1.54) is 6.20 Å². The summed E-state index contributed by atoms with van der Waals surface area (Å²) in [6.45, 7) is 4.80. The number of ether oxygens (including phenoxy) is 1. The lowest BCUT2D eigenvalue weighted by molar-refractivity contribution is 0.0527. The Morgan fingerprint density at radius 1 is 1.16 bits per heavy atom. The molecule has 1 saturated carbocycles. The van der Waals surface area contributed by atoms with Crippen molar-refractivity contribution in [2.24, 2.45) is 0 Å². The zero-order valence-corrected chi connectivity index (χ0v) is 20.7. The van der Waals surface area contributed by atoms with Crippen LogP contribution in [-0.2, 0) is 17.8 Å². The number of amides is 1. The van der Waals surface area contributed by atoms with E-state index in [2.05, 4.69) is 20.4 Å². The summed E-state index contributed by atoms with van der Waals surface area (Å²) in [7, 11) is 0. The Labute approximate surface area is 212 Å². The molecule has 0 unspecified atom stereocenters. The predicted octanol–water partition coefficient (Wildman–Crippen LogP) is 3.52. The van der Waals surface area contributed by atoms with E-state index in [0.29, 0.717) is 42.4 Å². The quantitative estimate of drug-likeness (QED) is 0.329. The van der Waals surface area contributed by atoms with E-state index in [-0.39, 0.29) is 11.9 Å². The van der Waals surface area contributed by atoms with Gasteiger partial charge < -0.3 is 18.9 Å². The summed E-state index contributed by atoms with van der Waals surface area (Å²) in [6.07, 6.45) is 13.1. The number of aryl methyl sites for hydroxylation is 1. The third-order valence-corrected chi connectivity index (χ3v) is 6.58. The van der Waals surface area contributed by atoms with Crippen LogP contribution in [0, 0.1) is 6.92 Å². The van der Waals surface area contributed by atoms with Crippen LogP contribution in [0.15, 0.2) is 55.5 Å². The fourth-order valence-corrected chi connectivity index (χ4v) is 4.53. The minimum Gasteiger partial charge on any atom is -0.462 e. The normalized spacial score (nSPS) is 13.4. The smallest absolute Gasteiger partial charge is 0.341 e. The molecule has 6 rings (SSSR count). The van der Waals surface area contributed by atoms with Gasteiger partial charge in [0.05, 0.1) is 54.7 Å². The van der Waals surface area contributed by atoms with E-state index < -0.39 is 0 Å². The minimum atomic E-state index is -0.370. The molecule has 5 aromatic heterocycles. The molecule has 10 heteroatoms. The maximum absolute atomic E-state index is 12.8. The third kappa shape index (κ3) is 4.57. The van der Waals surface area contributed by atoms with Crippen LogP contribution < -0.4 is 5.32 Å². The number of fused-ring (bicyclic) bond motifs is 2. The van der Waals surface area contributed by atoms with Crippen molar-refractivity contribution in [2.45, 2.75) is 45.7 Å². The Morgan fingerprint density at radius 2 is 2.03 bits per heavy atom. The number of rotatable bonds is 8. The first-order valence-corrected chi connectivity index (χ1v) is 12.4. The fraction of sp³-hybridized carbons (Fsp3) is 0.296. The van der Waals surface area contributed by atoms with Gasteiger partial charge in [-0.05, 0) is 61.9 Å². The first-order chi connectivity index (χ1) is 18.0. The van der Waals surface area contributed by atoms with Crippen molar-refractivity contribution in [2.75, 3.05) is 6.61 Å². The van der Waals surface area contributed by atoms with Gasteiger partial charge in [0.1, 0.15) is 5.56 Å². The highest BCUT2D eigenvalue weighted by molar-refractivity contribution is 5.96. The fourth-order valence-electron chi connectivity index (χ4n) is 4.53. The van der Waals surface area contributed by atoms with Gasteiger partial charge in [0.2, 0.25) is 0 Å². The van der Waals surface area contributed by atoms with Crippen LogP contribution in [0.2, 0.25) is 0 Å². The Bertz CT molecular complexity index is 1640. The highest BCUT2D eigenvalue weighted by Crippen LogP contribution is 2.40. The molecule has 0 radical (unpaired) electrons. The molecule has 0 aromatic carbocycles. The van der Waals surface area contributed by atoms with E-state index in [4.69, 9.17) is 4.74 Å². The Balaban J connectivity index is 1.18. The predicted molar refractivity (Wildman–Crippen MR) is 136 cm³/mol. The van der Waals surface area contributed by atoms with Crippen molar-refractivity contribution >= 4 is 23.0 Å². The number of hydrogen-bond donors (Lipinski definition) is 1. The van der Waals surface area contributed by atoms with Crippen LogP contribution in [0.1, 0.15) is 68.9 Å². The van der Waals surface area contributed by atoms with Crippen molar-refractivity contribution in [3.63, 3.8) is 0 Å². The first-order valence-electron chi connectivity index (χ1n) is 12.4. The Kier molecular flexibility index (Phi) is 5.71. The number of nitrogens with one attached hydrogen (secondary N) is 1. The monoisotopic (exact) mass is 497 g/mol. The molecule has 0 atom stereocenters. The van der Waals surface area contributed by atoms with Crippen LogP contribution in [-0.4, -0.2) is 47.0 Å². The Morgan fingerprint density at radius 3 is 2.84 bits per heavy atom. The number of aromatic nitrogens is 6. The summed E-state index contributed by atoms with van der Waals surface area (Å²) >= 11 is 0. The van der Waals surface area contributed by atoms with Gasteiger partial charge in [-0.3, -0.25) is 9.48 Å². The van der Waals surface area contributed by atoms with E-state index in [1.54, 1.807) is 24.1 Å². The van der Waals surface area contributed by atoms with Gasteiger partial charge in [-0.15, -0.1) is 0 Å². The average molecular weight is 498 g/mol. The van der Waals surface area contributed by atoms with Crippen LogP contribution in [0.3, 0.4) is 0 Å². The summed E-state index contributed by atoms with van der Waals surface area (Å²) in [5, 5.41) is 7.27. The molecule has 1 amide bonds. The van der Waals surface area contributed by atoms with Gasteiger partial charge >= 0.3 is 5.97 Å². The highest BCUT2D eigenvalue weighted by atomic mass is 16.5. The van der Waals surface area contributed by atoms with Crippen molar-refractivity contribution in [1.29, 1.82) is 0 Å². The first kappa shape index (κ1) is 23.0. The van der Waals surface area contributed by atoms with Gasteiger partial charge in [-0.25, -0.2) is 14.8 Å². The van der Waals surface area contributed by atoms with Crippen molar-refractivity contribution in [1.82, 2.24) is 33.9 Å². The second kappa shape index (κ2) is 9.20. The summed E-state index contributed by atoms with van der Waals surface area (Å²) in [5.74, 6) is -0.112. The number of pyridine rings is 2. The van der Waals surface area contributed by atoms with Crippen LogP contribution in [0.5, 0.6) is 0 Å². The van der Waals surface area contributed by atoms with E-state index in [1.807, 2.05) is 52.5 Å². The topological polar surface area (TPSA) is 108 Å². The van der Waals surface area contributed by atoms with Crippen LogP contribution >= 0.6 is 0 Å².